The smallest absolute Gasteiger partial charge is 0.326 e. The lowest BCUT2D eigenvalue weighted by molar-refractivity contribution is -0.142. The Morgan fingerprint density at radius 1 is 1.03 bits per heavy atom. The maximum atomic E-state index is 12.6. The Morgan fingerprint density at radius 3 is 2.31 bits per heavy atom. The van der Waals surface area contributed by atoms with Gasteiger partial charge in [0.1, 0.15) is 12.1 Å². The molecule has 9 heteroatoms. The van der Waals surface area contributed by atoms with Gasteiger partial charge in [0.15, 0.2) is 0 Å². The molecule has 1 unspecified atom stereocenters. The summed E-state index contributed by atoms with van der Waals surface area (Å²) in [5.74, 6) is -1.73. The SMILES string of the molecule is CCC(=O)N[C@H](C[C@@H](Cc1ccc(-c2ccccc2)cc1)NC(=O)C1CNNN1)C(=O)O. The zero-order chi connectivity index (χ0) is 22.9. The van der Waals surface area contributed by atoms with Gasteiger partial charge in [-0.2, -0.15) is 5.53 Å². The van der Waals surface area contributed by atoms with Crippen molar-refractivity contribution in [2.75, 3.05) is 6.54 Å². The molecule has 1 saturated heterocycles. The second-order valence-corrected chi connectivity index (χ2v) is 7.72. The minimum absolute atomic E-state index is 0.0703. The second kappa shape index (κ2) is 11.4. The number of benzene rings is 2. The number of amides is 2. The fraction of sp³-hybridized carbons (Fsp3) is 0.348. The number of hydrogen-bond donors (Lipinski definition) is 6. The summed E-state index contributed by atoms with van der Waals surface area (Å²) in [6.07, 6.45) is 0.687. The molecular formula is C23H29N5O4. The predicted molar refractivity (Wildman–Crippen MR) is 120 cm³/mol. The van der Waals surface area contributed by atoms with E-state index in [9.17, 15) is 19.5 Å². The summed E-state index contributed by atoms with van der Waals surface area (Å²) in [6, 6.07) is 15.9. The molecule has 0 saturated carbocycles. The number of carboxylic acids is 1. The van der Waals surface area contributed by atoms with E-state index in [1.165, 1.54) is 0 Å². The molecule has 170 valence electrons. The molecule has 3 atom stereocenters. The van der Waals surface area contributed by atoms with Gasteiger partial charge in [-0.25, -0.2) is 15.6 Å². The third kappa shape index (κ3) is 6.61. The van der Waals surface area contributed by atoms with Crippen LogP contribution in [0.25, 0.3) is 11.1 Å². The number of aliphatic carboxylic acids is 1. The van der Waals surface area contributed by atoms with Crippen molar-refractivity contribution in [3.05, 3.63) is 60.2 Å². The van der Waals surface area contributed by atoms with Crippen LogP contribution in [0.5, 0.6) is 0 Å². The van der Waals surface area contributed by atoms with Crippen LogP contribution in [0.15, 0.2) is 54.6 Å². The van der Waals surface area contributed by atoms with Gasteiger partial charge in [-0.05, 0) is 29.5 Å². The molecule has 1 heterocycles. The molecule has 32 heavy (non-hydrogen) atoms. The molecule has 6 N–H and O–H groups in total. The van der Waals surface area contributed by atoms with Crippen LogP contribution in [0.3, 0.4) is 0 Å². The Morgan fingerprint density at radius 2 is 1.72 bits per heavy atom. The third-order valence-electron chi connectivity index (χ3n) is 5.32. The monoisotopic (exact) mass is 439 g/mol. The molecule has 3 rings (SSSR count). The molecule has 0 aromatic heterocycles. The molecule has 0 bridgehead atoms. The highest BCUT2D eigenvalue weighted by Gasteiger charge is 2.28. The van der Waals surface area contributed by atoms with E-state index in [0.29, 0.717) is 13.0 Å². The lowest BCUT2D eigenvalue weighted by atomic mass is 9.96. The van der Waals surface area contributed by atoms with E-state index in [4.69, 9.17) is 0 Å². The van der Waals surface area contributed by atoms with Crippen LogP contribution in [0.1, 0.15) is 25.3 Å². The summed E-state index contributed by atoms with van der Waals surface area (Å²) in [6.45, 7) is 2.06. The molecule has 0 aliphatic carbocycles. The molecule has 1 fully saturated rings. The molecule has 2 aromatic carbocycles. The van der Waals surface area contributed by atoms with E-state index < -0.39 is 24.1 Å². The van der Waals surface area contributed by atoms with Gasteiger partial charge in [0.2, 0.25) is 11.8 Å². The maximum Gasteiger partial charge on any atom is 0.326 e. The average Bonchev–Trinajstić information content (AvgIpc) is 3.34. The number of nitrogens with one attached hydrogen (secondary N) is 5. The summed E-state index contributed by atoms with van der Waals surface area (Å²) in [5.41, 5.74) is 11.4. The van der Waals surface area contributed by atoms with Crippen LogP contribution >= 0.6 is 0 Å². The summed E-state index contributed by atoms with van der Waals surface area (Å²) < 4.78 is 0. The van der Waals surface area contributed by atoms with E-state index in [2.05, 4.69) is 27.0 Å². The average molecular weight is 440 g/mol. The van der Waals surface area contributed by atoms with Gasteiger partial charge in [-0.1, -0.05) is 61.5 Å². The van der Waals surface area contributed by atoms with E-state index in [0.717, 1.165) is 16.7 Å². The highest BCUT2D eigenvalue weighted by Crippen LogP contribution is 2.20. The Hall–Kier alpha value is -3.27. The van der Waals surface area contributed by atoms with Crippen molar-refractivity contribution in [3.63, 3.8) is 0 Å². The van der Waals surface area contributed by atoms with Crippen LogP contribution in [0.2, 0.25) is 0 Å². The zero-order valence-electron chi connectivity index (χ0n) is 17.9. The largest absolute Gasteiger partial charge is 0.480 e. The van der Waals surface area contributed by atoms with Gasteiger partial charge in [0.05, 0.1) is 0 Å². The van der Waals surface area contributed by atoms with Crippen LogP contribution in [-0.2, 0) is 20.8 Å². The molecule has 1 aliphatic heterocycles. The highest BCUT2D eigenvalue weighted by atomic mass is 16.4. The lowest BCUT2D eigenvalue weighted by Crippen LogP contribution is -2.51. The number of hydrazine groups is 2. The molecular weight excluding hydrogens is 410 g/mol. The maximum absolute atomic E-state index is 12.6. The highest BCUT2D eigenvalue weighted by molar-refractivity contribution is 5.84. The summed E-state index contributed by atoms with van der Waals surface area (Å²) >= 11 is 0. The molecule has 2 amide bonds. The first kappa shape index (κ1) is 23.4. The number of carboxylic acid groups (broad SMARTS) is 1. The number of carbonyl (C=O) groups excluding carboxylic acids is 2. The number of carbonyl (C=O) groups is 3. The van der Waals surface area contributed by atoms with Crippen molar-refractivity contribution in [3.8, 4) is 11.1 Å². The zero-order valence-corrected chi connectivity index (χ0v) is 17.9. The van der Waals surface area contributed by atoms with Gasteiger partial charge >= 0.3 is 5.97 Å². The quantitative estimate of drug-likeness (QED) is 0.322. The first-order valence-corrected chi connectivity index (χ1v) is 10.7. The van der Waals surface area contributed by atoms with Gasteiger partial charge in [0, 0.05) is 19.0 Å². The standard InChI is InChI=1S/C23H29N5O4/c1-2-21(29)26-19(23(31)32)13-18(25-22(30)20-14-24-28-27-20)12-15-8-10-17(11-9-15)16-6-4-3-5-7-16/h3-11,18-20,24,27-28H,2,12-14H2,1H3,(H,25,30)(H,26,29)(H,31,32)/t18-,19-,20?/m1/s1. The van der Waals surface area contributed by atoms with Crippen LogP contribution < -0.4 is 27.0 Å². The molecule has 9 nitrogen and oxygen atoms in total. The van der Waals surface area contributed by atoms with Crippen molar-refractivity contribution in [1.29, 1.82) is 0 Å². The molecule has 1 aliphatic rings. The van der Waals surface area contributed by atoms with Crippen LogP contribution in [-0.4, -0.2) is 47.6 Å². The molecule has 2 aromatic rings. The Kier molecular flexibility index (Phi) is 8.32. The Labute approximate surface area is 186 Å². The van der Waals surface area contributed by atoms with Crippen molar-refractivity contribution in [2.24, 2.45) is 0 Å². The van der Waals surface area contributed by atoms with E-state index in [1.54, 1.807) is 6.92 Å². The topological polar surface area (TPSA) is 132 Å². The number of rotatable bonds is 10. The van der Waals surface area contributed by atoms with Crippen LogP contribution in [0, 0.1) is 0 Å². The minimum Gasteiger partial charge on any atom is -0.480 e. The normalized spacial score (nSPS) is 17.3. The first-order valence-electron chi connectivity index (χ1n) is 10.7. The third-order valence-corrected chi connectivity index (χ3v) is 5.32. The summed E-state index contributed by atoms with van der Waals surface area (Å²) in [4.78, 5) is 36.1. The van der Waals surface area contributed by atoms with Crippen molar-refractivity contribution in [2.45, 2.75) is 44.3 Å². The van der Waals surface area contributed by atoms with Gasteiger partial charge < -0.3 is 15.7 Å². The Balaban J connectivity index is 1.74. The van der Waals surface area contributed by atoms with Gasteiger partial charge in [-0.15, -0.1) is 0 Å². The lowest BCUT2D eigenvalue weighted by Gasteiger charge is -2.24. The fourth-order valence-corrected chi connectivity index (χ4v) is 3.55. The Bertz CT molecular complexity index is 914. The first-order chi connectivity index (χ1) is 15.5. The van der Waals surface area contributed by atoms with E-state index in [1.807, 2.05) is 54.6 Å². The minimum atomic E-state index is -1.13. The van der Waals surface area contributed by atoms with E-state index in [-0.39, 0.29) is 24.7 Å². The summed E-state index contributed by atoms with van der Waals surface area (Å²) in [7, 11) is 0. The van der Waals surface area contributed by atoms with Gasteiger partial charge in [-0.3, -0.25) is 9.59 Å². The van der Waals surface area contributed by atoms with Crippen molar-refractivity contribution >= 4 is 17.8 Å². The fourth-order valence-electron chi connectivity index (χ4n) is 3.55. The molecule has 0 radical (unpaired) electrons. The van der Waals surface area contributed by atoms with Crippen molar-refractivity contribution < 1.29 is 19.5 Å². The molecule has 0 spiro atoms. The summed E-state index contributed by atoms with van der Waals surface area (Å²) in [5, 5.41) is 15.0. The second-order valence-electron chi connectivity index (χ2n) is 7.72. The van der Waals surface area contributed by atoms with Crippen molar-refractivity contribution in [1.82, 2.24) is 27.0 Å². The predicted octanol–water partition coefficient (Wildman–Crippen LogP) is 0.731. The van der Waals surface area contributed by atoms with Gasteiger partial charge in [0.25, 0.3) is 0 Å². The number of hydrogen-bond acceptors (Lipinski definition) is 6. The van der Waals surface area contributed by atoms with E-state index >= 15 is 0 Å². The van der Waals surface area contributed by atoms with Crippen LogP contribution in [0.4, 0.5) is 0 Å².